The third-order valence-electron chi connectivity index (χ3n) is 3.81. The monoisotopic (exact) mass is 312 g/mol. The smallest absolute Gasteiger partial charge is 0.251 e. The molecule has 0 aromatic heterocycles. The van der Waals surface area contributed by atoms with Gasteiger partial charge in [0, 0.05) is 5.57 Å². The number of hydrogen-bond donors (Lipinski definition) is 1. The van der Waals surface area contributed by atoms with Crippen LogP contribution in [0.2, 0.25) is 0 Å². The molecule has 0 aliphatic rings. The first-order valence-electron chi connectivity index (χ1n) is 7.65. The maximum absolute atomic E-state index is 12.4. The average molecular weight is 312 g/mol. The zero-order valence-corrected chi connectivity index (χ0v) is 13.3. The van der Waals surface area contributed by atoms with E-state index < -0.39 is 0 Å². The van der Waals surface area contributed by atoms with Crippen LogP contribution in [-0.2, 0) is 4.79 Å². The highest BCUT2D eigenvalue weighted by Gasteiger charge is 2.08. The fraction of sp³-hybridized carbons (Fsp3) is 0.0476. The zero-order chi connectivity index (χ0) is 16.9. The molecule has 0 spiro atoms. The predicted octanol–water partition coefficient (Wildman–Crippen LogP) is 4.75. The van der Waals surface area contributed by atoms with Gasteiger partial charge in [-0.15, -0.1) is 0 Å². The summed E-state index contributed by atoms with van der Waals surface area (Å²) >= 11 is 0. The van der Waals surface area contributed by atoms with Crippen molar-refractivity contribution in [1.29, 1.82) is 5.26 Å². The Morgan fingerprint density at radius 3 is 2.50 bits per heavy atom. The summed E-state index contributed by atoms with van der Waals surface area (Å²) in [6, 6.07) is 23.2. The number of fused-ring (bicyclic) bond motifs is 1. The van der Waals surface area contributed by atoms with E-state index in [0.717, 1.165) is 10.9 Å². The molecule has 0 bridgehead atoms. The van der Waals surface area contributed by atoms with Crippen LogP contribution in [0.4, 0.5) is 5.69 Å². The molecule has 0 aliphatic heterocycles. The van der Waals surface area contributed by atoms with Gasteiger partial charge in [0.2, 0.25) is 0 Å². The Kier molecular flexibility index (Phi) is 4.40. The Morgan fingerprint density at radius 2 is 1.71 bits per heavy atom. The third kappa shape index (κ3) is 3.34. The largest absolute Gasteiger partial charge is 0.321 e. The third-order valence-corrected chi connectivity index (χ3v) is 3.81. The fourth-order valence-electron chi connectivity index (χ4n) is 2.52. The highest BCUT2D eigenvalue weighted by Crippen LogP contribution is 2.19. The Labute approximate surface area is 140 Å². The summed E-state index contributed by atoms with van der Waals surface area (Å²) in [5, 5.41) is 14.2. The number of nitrogens with one attached hydrogen (secondary N) is 1. The van der Waals surface area contributed by atoms with Crippen LogP contribution in [0.1, 0.15) is 18.1 Å². The van der Waals surface area contributed by atoms with E-state index in [1.807, 2.05) is 36.4 Å². The molecule has 0 fully saturated rings. The van der Waals surface area contributed by atoms with Gasteiger partial charge in [-0.1, -0.05) is 48.5 Å². The summed E-state index contributed by atoms with van der Waals surface area (Å²) in [7, 11) is 0. The van der Waals surface area contributed by atoms with Gasteiger partial charge in [-0.2, -0.15) is 5.26 Å². The molecule has 3 rings (SSSR count). The van der Waals surface area contributed by atoms with Crippen LogP contribution in [0, 0.1) is 11.3 Å². The van der Waals surface area contributed by atoms with Crippen LogP contribution < -0.4 is 5.32 Å². The molecule has 3 nitrogen and oxygen atoms in total. The molecule has 3 heteroatoms. The molecule has 0 atom stereocenters. The fourth-order valence-corrected chi connectivity index (χ4v) is 2.52. The Hall–Kier alpha value is -3.38. The molecule has 0 heterocycles. The molecule has 24 heavy (non-hydrogen) atoms. The first kappa shape index (κ1) is 15.5. The van der Waals surface area contributed by atoms with E-state index in [0.29, 0.717) is 16.8 Å². The lowest BCUT2D eigenvalue weighted by Gasteiger charge is -2.07. The minimum Gasteiger partial charge on any atom is -0.321 e. The first-order chi connectivity index (χ1) is 11.7. The van der Waals surface area contributed by atoms with Crippen LogP contribution in [0.3, 0.4) is 0 Å². The summed E-state index contributed by atoms with van der Waals surface area (Å²) < 4.78 is 0. The summed E-state index contributed by atoms with van der Waals surface area (Å²) in [5.74, 6) is -0.217. The van der Waals surface area contributed by atoms with Gasteiger partial charge in [0.15, 0.2) is 0 Å². The van der Waals surface area contributed by atoms with Gasteiger partial charge in [0.05, 0.1) is 11.3 Å². The number of amides is 1. The average Bonchev–Trinajstić information content (AvgIpc) is 2.62. The summed E-state index contributed by atoms with van der Waals surface area (Å²) in [4.78, 5) is 12.4. The minimum atomic E-state index is -0.217. The SMILES string of the molecule is C/C(=C\c1ccc2ccccc2c1)C(=O)Nc1ccccc1C#N. The van der Waals surface area contributed by atoms with Gasteiger partial charge in [-0.3, -0.25) is 4.79 Å². The minimum absolute atomic E-state index is 0.217. The standard InChI is InChI=1S/C21H16N2O/c1-15(21(24)23-20-9-5-4-8-19(20)14-22)12-16-10-11-17-6-2-3-7-18(17)13-16/h2-13H,1H3,(H,23,24)/b15-12+. The van der Waals surface area contributed by atoms with Gasteiger partial charge in [0.1, 0.15) is 6.07 Å². The summed E-state index contributed by atoms with van der Waals surface area (Å²) in [5.41, 5.74) is 2.52. The second kappa shape index (κ2) is 6.80. The number of rotatable bonds is 3. The molecular weight excluding hydrogens is 296 g/mol. The van der Waals surface area contributed by atoms with Crippen molar-refractivity contribution in [1.82, 2.24) is 0 Å². The lowest BCUT2D eigenvalue weighted by atomic mass is 10.1. The lowest BCUT2D eigenvalue weighted by Crippen LogP contribution is -2.13. The molecule has 0 radical (unpaired) electrons. The maximum Gasteiger partial charge on any atom is 0.251 e. The Balaban J connectivity index is 1.84. The van der Waals surface area contributed by atoms with Crippen LogP contribution >= 0.6 is 0 Å². The molecule has 0 saturated heterocycles. The maximum atomic E-state index is 12.4. The van der Waals surface area contributed by atoms with Crippen molar-refractivity contribution < 1.29 is 4.79 Å². The van der Waals surface area contributed by atoms with Crippen molar-refractivity contribution in [2.45, 2.75) is 6.92 Å². The molecule has 3 aromatic carbocycles. The Morgan fingerprint density at radius 1 is 1.00 bits per heavy atom. The summed E-state index contributed by atoms with van der Waals surface area (Å²) in [6.45, 7) is 1.76. The predicted molar refractivity (Wildman–Crippen MR) is 97.4 cm³/mol. The Bertz CT molecular complexity index is 980. The number of para-hydroxylation sites is 1. The number of carbonyl (C=O) groups excluding carboxylic acids is 1. The van der Waals surface area contributed by atoms with E-state index in [-0.39, 0.29) is 5.91 Å². The van der Waals surface area contributed by atoms with Crippen LogP contribution in [0.5, 0.6) is 0 Å². The van der Waals surface area contributed by atoms with Crippen molar-refractivity contribution in [3.63, 3.8) is 0 Å². The van der Waals surface area contributed by atoms with Crippen LogP contribution in [0.25, 0.3) is 16.8 Å². The van der Waals surface area contributed by atoms with Crippen molar-refractivity contribution in [2.75, 3.05) is 5.32 Å². The van der Waals surface area contributed by atoms with Gasteiger partial charge < -0.3 is 5.32 Å². The van der Waals surface area contributed by atoms with Crippen LogP contribution in [0.15, 0.2) is 72.3 Å². The molecule has 0 unspecified atom stereocenters. The molecule has 0 aliphatic carbocycles. The van der Waals surface area contributed by atoms with E-state index >= 15 is 0 Å². The first-order valence-corrected chi connectivity index (χ1v) is 7.65. The van der Waals surface area contributed by atoms with Crippen LogP contribution in [-0.4, -0.2) is 5.91 Å². The molecule has 1 amide bonds. The molecule has 1 N–H and O–H groups in total. The van der Waals surface area contributed by atoms with E-state index in [1.165, 1.54) is 5.39 Å². The number of hydrogen-bond acceptors (Lipinski definition) is 2. The second-order valence-corrected chi connectivity index (χ2v) is 5.55. The normalized spacial score (nSPS) is 11.1. The number of benzene rings is 3. The van der Waals surface area contributed by atoms with E-state index in [1.54, 1.807) is 31.2 Å². The van der Waals surface area contributed by atoms with Gasteiger partial charge in [-0.25, -0.2) is 0 Å². The number of nitrogens with zero attached hydrogens (tertiary/aromatic N) is 1. The molecule has 3 aromatic rings. The van der Waals surface area contributed by atoms with E-state index in [4.69, 9.17) is 5.26 Å². The second-order valence-electron chi connectivity index (χ2n) is 5.55. The molecular formula is C21H16N2O. The molecule has 0 saturated carbocycles. The number of anilines is 1. The van der Waals surface area contributed by atoms with Crippen molar-refractivity contribution in [2.24, 2.45) is 0 Å². The van der Waals surface area contributed by atoms with Gasteiger partial charge in [0.25, 0.3) is 5.91 Å². The highest BCUT2D eigenvalue weighted by atomic mass is 16.1. The van der Waals surface area contributed by atoms with E-state index in [9.17, 15) is 4.79 Å². The van der Waals surface area contributed by atoms with Crippen molar-refractivity contribution >= 4 is 28.4 Å². The van der Waals surface area contributed by atoms with Crippen molar-refractivity contribution in [3.05, 3.63) is 83.4 Å². The van der Waals surface area contributed by atoms with Gasteiger partial charge in [-0.05, 0) is 47.5 Å². The summed E-state index contributed by atoms with van der Waals surface area (Å²) in [6.07, 6.45) is 1.84. The van der Waals surface area contributed by atoms with E-state index in [2.05, 4.69) is 23.5 Å². The van der Waals surface area contributed by atoms with Gasteiger partial charge >= 0.3 is 0 Å². The zero-order valence-electron chi connectivity index (χ0n) is 13.3. The molecule has 116 valence electrons. The highest BCUT2D eigenvalue weighted by molar-refractivity contribution is 6.07. The quantitative estimate of drug-likeness (QED) is 0.709. The lowest BCUT2D eigenvalue weighted by molar-refractivity contribution is -0.112. The topological polar surface area (TPSA) is 52.9 Å². The number of carbonyl (C=O) groups is 1. The number of nitriles is 1. The van der Waals surface area contributed by atoms with Crippen molar-refractivity contribution in [3.8, 4) is 6.07 Å².